The predicted octanol–water partition coefficient (Wildman–Crippen LogP) is 2.96. The molecule has 2 rings (SSSR count). The Kier molecular flexibility index (Phi) is 4.06. The van der Waals surface area contributed by atoms with Crippen LogP contribution in [-0.2, 0) is 6.42 Å². The van der Waals surface area contributed by atoms with E-state index in [-0.39, 0.29) is 6.04 Å². The number of para-hydroxylation sites is 1. The smallest absolute Gasteiger partial charge is 0.0401 e. The van der Waals surface area contributed by atoms with E-state index in [1.165, 1.54) is 37.1 Å². The van der Waals surface area contributed by atoms with Crippen molar-refractivity contribution < 1.29 is 0 Å². The number of benzene rings is 1. The highest BCUT2D eigenvalue weighted by molar-refractivity contribution is 5.55. The third-order valence-electron chi connectivity index (χ3n) is 3.69. The fraction of sp³-hybridized carbons (Fsp3) is 0.600. The molecule has 1 saturated heterocycles. The fourth-order valence-corrected chi connectivity index (χ4v) is 2.89. The molecule has 1 aliphatic heterocycles. The summed E-state index contributed by atoms with van der Waals surface area (Å²) in [5.74, 6) is 0. The molecule has 2 unspecified atom stereocenters. The average molecular weight is 232 g/mol. The normalized spacial score (nSPS) is 21.8. The molecule has 2 atom stereocenters. The van der Waals surface area contributed by atoms with Crippen molar-refractivity contribution in [3.63, 3.8) is 0 Å². The Morgan fingerprint density at radius 1 is 1.41 bits per heavy atom. The van der Waals surface area contributed by atoms with Gasteiger partial charge in [-0.3, -0.25) is 0 Å². The number of hydrogen-bond donors (Lipinski definition) is 1. The minimum atomic E-state index is 0.235. The largest absolute Gasteiger partial charge is 0.368 e. The number of anilines is 1. The second-order valence-corrected chi connectivity index (χ2v) is 5.21. The summed E-state index contributed by atoms with van der Waals surface area (Å²) in [6.45, 7) is 5.57. The quantitative estimate of drug-likeness (QED) is 0.865. The van der Waals surface area contributed by atoms with E-state index in [0.717, 1.165) is 12.5 Å². The molecule has 0 spiro atoms. The summed E-state index contributed by atoms with van der Waals surface area (Å²) in [5, 5.41) is 0. The summed E-state index contributed by atoms with van der Waals surface area (Å²) >= 11 is 0. The van der Waals surface area contributed by atoms with Crippen LogP contribution in [0.15, 0.2) is 24.3 Å². The zero-order chi connectivity index (χ0) is 12.3. The van der Waals surface area contributed by atoms with E-state index < -0.39 is 0 Å². The van der Waals surface area contributed by atoms with Crippen LogP contribution in [0, 0.1) is 0 Å². The highest BCUT2D eigenvalue weighted by Gasteiger charge is 2.24. The van der Waals surface area contributed by atoms with Crippen LogP contribution in [0.1, 0.15) is 38.7 Å². The molecule has 1 aromatic carbocycles. The molecule has 0 aromatic heterocycles. The van der Waals surface area contributed by atoms with Crippen LogP contribution in [0.2, 0.25) is 0 Å². The van der Waals surface area contributed by atoms with Gasteiger partial charge in [-0.1, -0.05) is 25.1 Å². The second kappa shape index (κ2) is 5.54. The third-order valence-corrected chi connectivity index (χ3v) is 3.69. The summed E-state index contributed by atoms with van der Waals surface area (Å²) in [6, 6.07) is 9.71. The maximum Gasteiger partial charge on any atom is 0.0401 e. The van der Waals surface area contributed by atoms with Gasteiger partial charge in [-0.2, -0.15) is 0 Å². The van der Waals surface area contributed by atoms with E-state index in [1.807, 2.05) is 0 Å². The van der Waals surface area contributed by atoms with Gasteiger partial charge < -0.3 is 10.6 Å². The molecule has 1 heterocycles. The first-order chi connectivity index (χ1) is 8.22. The first kappa shape index (κ1) is 12.4. The first-order valence-corrected chi connectivity index (χ1v) is 6.82. The molecule has 1 aliphatic rings. The molecular formula is C15H24N2. The molecule has 0 radical (unpaired) electrons. The van der Waals surface area contributed by atoms with Gasteiger partial charge in [0.2, 0.25) is 0 Å². The van der Waals surface area contributed by atoms with Gasteiger partial charge >= 0.3 is 0 Å². The lowest BCUT2D eigenvalue weighted by atomic mass is 10.0. The van der Waals surface area contributed by atoms with Crippen molar-refractivity contribution in [2.24, 2.45) is 5.73 Å². The van der Waals surface area contributed by atoms with E-state index in [2.05, 4.69) is 43.0 Å². The van der Waals surface area contributed by atoms with Gasteiger partial charge in [-0.05, 0) is 44.2 Å². The van der Waals surface area contributed by atoms with Crippen molar-refractivity contribution in [3.05, 3.63) is 29.8 Å². The van der Waals surface area contributed by atoms with Crippen LogP contribution in [0.25, 0.3) is 0 Å². The van der Waals surface area contributed by atoms with E-state index in [9.17, 15) is 0 Å². The topological polar surface area (TPSA) is 29.3 Å². The standard InChI is InChI=1S/C15H24N2/c1-3-14-8-6-10-17(14)15-9-5-4-7-13(15)11-12(2)16/h4-5,7,9,12,14H,3,6,8,10-11,16H2,1-2H3. The van der Waals surface area contributed by atoms with Crippen LogP contribution >= 0.6 is 0 Å². The Bertz CT molecular complexity index is 360. The Labute approximate surface area is 105 Å². The lowest BCUT2D eigenvalue weighted by molar-refractivity contribution is 0.641. The summed E-state index contributed by atoms with van der Waals surface area (Å²) < 4.78 is 0. The molecule has 2 nitrogen and oxygen atoms in total. The van der Waals surface area contributed by atoms with Gasteiger partial charge in [0.15, 0.2) is 0 Å². The van der Waals surface area contributed by atoms with E-state index in [0.29, 0.717) is 0 Å². The molecule has 0 saturated carbocycles. The third kappa shape index (κ3) is 2.81. The van der Waals surface area contributed by atoms with Crippen LogP contribution in [0.5, 0.6) is 0 Å². The second-order valence-electron chi connectivity index (χ2n) is 5.21. The maximum absolute atomic E-state index is 5.94. The van der Waals surface area contributed by atoms with E-state index in [1.54, 1.807) is 0 Å². The van der Waals surface area contributed by atoms with Gasteiger partial charge in [0.05, 0.1) is 0 Å². The van der Waals surface area contributed by atoms with Gasteiger partial charge in [-0.15, -0.1) is 0 Å². The Hall–Kier alpha value is -1.02. The van der Waals surface area contributed by atoms with E-state index >= 15 is 0 Å². The monoisotopic (exact) mass is 232 g/mol. The number of nitrogens with zero attached hydrogens (tertiary/aromatic N) is 1. The highest BCUT2D eigenvalue weighted by Crippen LogP contribution is 2.30. The summed E-state index contributed by atoms with van der Waals surface area (Å²) in [4.78, 5) is 2.58. The van der Waals surface area contributed by atoms with Crippen molar-refractivity contribution in [2.75, 3.05) is 11.4 Å². The van der Waals surface area contributed by atoms with Crippen LogP contribution < -0.4 is 10.6 Å². The van der Waals surface area contributed by atoms with Crippen molar-refractivity contribution in [1.29, 1.82) is 0 Å². The minimum absolute atomic E-state index is 0.235. The molecule has 0 bridgehead atoms. The fourth-order valence-electron chi connectivity index (χ4n) is 2.89. The van der Waals surface area contributed by atoms with Crippen molar-refractivity contribution in [2.45, 2.75) is 51.6 Å². The highest BCUT2D eigenvalue weighted by atomic mass is 15.2. The molecule has 17 heavy (non-hydrogen) atoms. The lowest BCUT2D eigenvalue weighted by Crippen LogP contribution is -2.30. The molecule has 1 aromatic rings. The molecule has 0 aliphatic carbocycles. The molecule has 94 valence electrons. The van der Waals surface area contributed by atoms with Crippen LogP contribution in [-0.4, -0.2) is 18.6 Å². The predicted molar refractivity (Wildman–Crippen MR) is 74.5 cm³/mol. The Morgan fingerprint density at radius 3 is 2.88 bits per heavy atom. The summed E-state index contributed by atoms with van der Waals surface area (Å²) in [7, 11) is 0. The zero-order valence-corrected chi connectivity index (χ0v) is 11.0. The van der Waals surface area contributed by atoms with Crippen molar-refractivity contribution in [3.8, 4) is 0 Å². The van der Waals surface area contributed by atoms with Crippen LogP contribution in [0.4, 0.5) is 5.69 Å². The Morgan fingerprint density at radius 2 is 2.18 bits per heavy atom. The van der Waals surface area contributed by atoms with Gasteiger partial charge in [0.1, 0.15) is 0 Å². The van der Waals surface area contributed by atoms with Crippen molar-refractivity contribution in [1.82, 2.24) is 0 Å². The molecule has 2 heteroatoms. The molecule has 2 N–H and O–H groups in total. The van der Waals surface area contributed by atoms with Crippen molar-refractivity contribution >= 4 is 5.69 Å². The number of rotatable bonds is 4. The van der Waals surface area contributed by atoms with Gasteiger partial charge in [0, 0.05) is 24.3 Å². The van der Waals surface area contributed by atoms with Gasteiger partial charge in [0.25, 0.3) is 0 Å². The average Bonchev–Trinajstić information content (AvgIpc) is 2.77. The number of nitrogens with two attached hydrogens (primary N) is 1. The SMILES string of the molecule is CCC1CCCN1c1ccccc1CC(C)N. The zero-order valence-electron chi connectivity index (χ0n) is 11.0. The Balaban J connectivity index is 2.24. The maximum atomic E-state index is 5.94. The minimum Gasteiger partial charge on any atom is -0.368 e. The molecular weight excluding hydrogens is 208 g/mol. The lowest BCUT2D eigenvalue weighted by Gasteiger charge is -2.28. The number of hydrogen-bond acceptors (Lipinski definition) is 2. The van der Waals surface area contributed by atoms with Crippen LogP contribution in [0.3, 0.4) is 0 Å². The summed E-state index contributed by atoms with van der Waals surface area (Å²) in [6.07, 6.45) is 4.88. The first-order valence-electron chi connectivity index (χ1n) is 6.82. The molecule has 0 amide bonds. The summed E-state index contributed by atoms with van der Waals surface area (Å²) in [5.41, 5.74) is 8.76. The van der Waals surface area contributed by atoms with E-state index in [4.69, 9.17) is 5.73 Å². The molecule has 1 fully saturated rings. The van der Waals surface area contributed by atoms with Gasteiger partial charge in [-0.25, -0.2) is 0 Å².